The van der Waals surface area contributed by atoms with Crippen molar-refractivity contribution in [1.82, 2.24) is 24.5 Å². The number of piperidine rings is 1. The fourth-order valence-electron chi connectivity index (χ4n) is 3.46. The van der Waals surface area contributed by atoms with E-state index in [0.717, 1.165) is 42.5 Å². The van der Waals surface area contributed by atoms with Crippen molar-refractivity contribution >= 4 is 5.82 Å². The second-order valence-electron chi connectivity index (χ2n) is 6.60. The molecule has 0 radical (unpaired) electrons. The van der Waals surface area contributed by atoms with Gasteiger partial charge >= 0.3 is 0 Å². The molecule has 1 aliphatic heterocycles. The molecule has 6 nitrogen and oxygen atoms in total. The molecule has 4 heterocycles. The van der Waals surface area contributed by atoms with Crippen LogP contribution in [0.5, 0.6) is 0 Å². The first-order chi connectivity index (χ1) is 12.3. The second-order valence-corrected chi connectivity index (χ2v) is 6.60. The zero-order valence-corrected chi connectivity index (χ0v) is 14.4. The van der Waals surface area contributed by atoms with Crippen LogP contribution in [0.4, 0.5) is 5.82 Å². The van der Waals surface area contributed by atoms with Crippen molar-refractivity contribution in [3.05, 3.63) is 54.9 Å². The third-order valence-electron chi connectivity index (χ3n) is 4.75. The van der Waals surface area contributed by atoms with Crippen molar-refractivity contribution in [1.29, 1.82) is 0 Å². The van der Waals surface area contributed by atoms with E-state index < -0.39 is 0 Å². The summed E-state index contributed by atoms with van der Waals surface area (Å²) in [5.74, 6) is 2.51. The summed E-state index contributed by atoms with van der Waals surface area (Å²) in [7, 11) is 1.96. The Hall–Kier alpha value is -2.76. The Bertz CT molecular complexity index is 811. The molecule has 4 rings (SSSR count). The molecular weight excluding hydrogens is 312 g/mol. The predicted molar refractivity (Wildman–Crippen MR) is 97.1 cm³/mol. The first-order valence-corrected chi connectivity index (χ1v) is 8.74. The molecule has 3 aromatic rings. The summed E-state index contributed by atoms with van der Waals surface area (Å²) in [5.41, 5.74) is 1.86. The highest BCUT2D eigenvalue weighted by atomic mass is 15.2. The average Bonchev–Trinajstić information content (AvgIpc) is 3.09. The number of pyridine rings is 1. The zero-order chi connectivity index (χ0) is 17.1. The highest BCUT2D eigenvalue weighted by Crippen LogP contribution is 2.24. The Morgan fingerprint density at radius 3 is 2.76 bits per heavy atom. The van der Waals surface area contributed by atoms with Gasteiger partial charge in [0, 0.05) is 44.9 Å². The Labute approximate surface area is 147 Å². The first kappa shape index (κ1) is 15.7. The minimum absolute atomic E-state index is 0.587. The lowest BCUT2D eigenvalue weighted by Crippen LogP contribution is -2.36. The lowest BCUT2D eigenvalue weighted by atomic mass is 9.93. The number of hydrogen-bond donors (Lipinski definition) is 0. The summed E-state index contributed by atoms with van der Waals surface area (Å²) in [5, 5.41) is 0. The Morgan fingerprint density at radius 1 is 1.08 bits per heavy atom. The predicted octanol–water partition coefficient (Wildman–Crippen LogP) is 2.73. The molecule has 0 amide bonds. The van der Waals surface area contributed by atoms with Gasteiger partial charge in [0.15, 0.2) is 5.82 Å². The second kappa shape index (κ2) is 7.01. The van der Waals surface area contributed by atoms with E-state index in [4.69, 9.17) is 0 Å². The van der Waals surface area contributed by atoms with Crippen LogP contribution in [0.2, 0.25) is 0 Å². The lowest BCUT2D eigenvalue weighted by Gasteiger charge is -2.33. The van der Waals surface area contributed by atoms with E-state index >= 15 is 0 Å². The molecule has 128 valence electrons. The number of anilines is 1. The molecule has 25 heavy (non-hydrogen) atoms. The summed E-state index contributed by atoms with van der Waals surface area (Å²) in [6.07, 6.45) is 12.7. The molecule has 1 fully saturated rings. The number of aromatic nitrogens is 5. The fourth-order valence-corrected chi connectivity index (χ4v) is 3.46. The molecule has 3 aromatic heterocycles. The van der Waals surface area contributed by atoms with E-state index in [2.05, 4.69) is 30.9 Å². The monoisotopic (exact) mass is 334 g/mol. The topological polar surface area (TPSA) is 59.7 Å². The van der Waals surface area contributed by atoms with E-state index in [0.29, 0.717) is 5.92 Å². The maximum atomic E-state index is 4.62. The standard InChI is InChI=1S/C19H22N6/c1-24-10-8-21-19(24)17-13-22-16(12-23-17)11-15-5-4-9-25(14-15)18-6-2-3-7-20-18/h2-3,6-8,10,12-13,15H,4-5,9,11,14H2,1H3/t15-/m1/s1. The molecular formula is C19H22N6. The van der Waals surface area contributed by atoms with Crippen molar-refractivity contribution in [3.8, 4) is 11.5 Å². The van der Waals surface area contributed by atoms with Crippen LogP contribution in [0.1, 0.15) is 18.5 Å². The Balaban J connectivity index is 1.42. The first-order valence-electron chi connectivity index (χ1n) is 8.74. The average molecular weight is 334 g/mol. The third kappa shape index (κ3) is 3.52. The van der Waals surface area contributed by atoms with Crippen LogP contribution in [0, 0.1) is 5.92 Å². The number of imidazole rings is 1. The summed E-state index contributed by atoms with van der Waals surface area (Å²) in [6.45, 7) is 2.11. The van der Waals surface area contributed by atoms with Crippen LogP contribution < -0.4 is 4.90 Å². The number of rotatable bonds is 4. The number of hydrogen-bond acceptors (Lipinski definition) is 5. The van der Waals surface area contributed by atoms with E-state index in [1.165, 1.54) is 12.8 Å². The summed E-state index contributed by atoms with van der Waals surface area (Å²) in [4.78, 5) is 20.4. The molecule has 0 spiro atoms. The van der Waals surface area contributed by atoms with Gasteiger partial charge in [-0.25, -0.2) is 15.0 Å². The van der Waals surface area contributed by atoms with Crippen molar-refractivity contribution in [2.24, 2.45) is 13.0 Å². The molecule has 0 N–H and O–H groups in total. The van der Waals surface area contributed by atoms with Crippen LogP contribution in [0.15, 0.2) is 49.2 Å². The Kier molecular flexibility index (Phi) is 4.41. The molecule has 1 saturated heterocycles. The molecule has 6 heteroatoms. The highest BCUT2D eigenvalue weighted by molar-refractivity contribution is 5.47. The van der Waals surface area contributed by atoms with Gasteiger partial charge in [-0.05, 0) is 37.3 Å². The molecule has 0 saturated carbocycles. The fraction of sp³-hybridized carbons (Fsp3) is 0.368. The number of aryl methyl sites for hydroxylation is 1. The van der Waals surface area contributed by atoms with Crippen LogP contribution in [-0.2, 0) is 13.5 Å². The van der Waals surface area contributed by atoms with Crippen molar-refractivity contribution in [3.63, 3.8) is 0 Å². The van der Waals surface area contributed by atoms with Gasteiger partial charge in [-0.1, -0.05) is 6.07 Å². The smallest absolute Gasteiger partial charge is 0.159 e. The third-order valence-corrected chi connectivity index (χ3v) is 4.75. The van der Waals surface area contributed by atoms with Crippen LogP contribution in [0.3, 0.4) is 0 Å². The van der Waals surface area contributed by atoms with Crippen molar-refractivity contribution in [2.45, 2.75) is 19.3 Å². The minimum Gasteiger partial charge on any atom is -0.356 e. The van der Waals surface area contributed by atoms with E-state index in [-0.39, 0.29) is 0 Å². The van der Waals surface area contributed by atoms with Crippen LogP contribution in [0.25, 0.3) is 11.5 Å². The molecule has 1 atom stereocenters. The van der Waals surface area contributed by atoms with E-state index in [1.54, 1.807) is 6.20 Å². The number of nitrogens with zero attached hydrogens (tertiary/aromatic N) is 6. The summed E-state index contributed by atoms with van der Waals surface area (Å²) in [6, 6.07) is 6.10. The maximum absolute atomic E-state index is 4.62. The Morgan fingerprint density at radius 2 is 2.04 bits per heavy atom. The van der Waals surface area contributed by atoms with Gasteiger partial charge in [-0.2, -0.15) is 0 Å². The molecule has 0 bridgehead atoms. The quantitative estimate of drug-likeness (QED) is 0.734. The normalized spacial score (nSPS) is 17.6. The van der Waals surface area contributed by atoms with Gasteiger partial charge in [0.25, 0.3) is 0 Å². The summed E-state index contributed by atoms with van der Waals surface area (Å²) < 4.78 is 1.95. The largest absolute Gasteiger partial charge is 0.356 e. The van der Waals surface area contributed by atoms with Crippen LogP contribution in [-0.4, -0.2) is 37.6 Å². The van der Waals surface area contributed by atoms with Crippen molar-refractivity contribution in [2.75, 3.05) is 18.0 Å². The van der Waals surface area contributed by atoms with Crippen molar-refractivity contribution < 1.29 is 0 Å². The molecule has 0 unspecified atom stereocenters. The van der Waals surface area contributed by atoms with E-state index in [9.17, 15) is 0 Å². The van der Waals surface area contributed by atoms with Gasteiger partial charge in [0.1, 0.15) is 11.5 Å². The minimum atomic E-state index is 0.587. The van der Waals surface area contributed by atoms with E-state index in [1.807, 2.05) is 48.5 Å². The summed E-state index contributed by atoms with van der Waals surface area (Å²) >= 11 is 0. The molecule has 0 aromatic carbocycles. The molecule has 0 aliphatic carbocycles. The van der Waals surface area contributed by atoms with Gasteiger partial charge in [0.05, 0.1) is 11.9 Å². The van der Waals surface area contributed by atoms with Gasteiger partial charge in [-0.3, -0.25) is 4.98 Å². The SMILES string of the molecule is Cn1ccnc1-c1cnc(C[C@H]2CCCN(c3ccccn3)C2)cn1. The highest BCUT2D eigenvalue weighted by Gasteiger charge is 2.21. The van der Waals surface area contributed by atoms with Gasteiger partial charge in [-0.15, -0.1) is 0 Å². The maximum Gasteiger partial charge on any atom is 0.159 e. The molecule has 1 aliphatic rings. The van der Waals surface area contributed by atoms with Gasteiger partial charge in [0.2, 0.25) is 0 Å². The van der Waals surface area contributed by atoms with Gasteiger partial charge < -0.3 is 9.47 Å². The zero-order valence-electron chi connectivity index (χ0n) is 14.4. The van der Waals surface area contributed by atoms with Crippen LogP contribution >= 0.6 is 0 Å². The lowest BCUT2D eigenvalue weighted by molar-refractivity contribution is 0.408.